The number of azo groups is 1. The molecule has 2 aromatic carbocycles. The third-order valence-electron chi connectivity index (χ3n) is 12.3. The van der Waals surface area contributed by atoms with Gasteiger partial charge in [-0.1, -0.05) is 18.9 Å². The molecule has 4 aliphatic rings. The van der Waals surface area contributed by atoms with Gasteiger partial charge in [-0.2, -0.15) is 15.2 Å². The highest BCUT2D eigenvalue weighted by Gasteiger charge is 2.40. The number of ether oxygens (including phenoxy) is 1. The lowest BCUT2D eigenvalue weighted by Gasteiger charge is -2.35. The van der Waals surface area contributed by atoms with Gasteiger partial charge in [0.25, 0.3) is 17.4 Å². The van der Waals surface area contributed by atoms with Gasteiger partial charge < -0.3 is 24.8 Å². The summed E-state index contributed by atoms with van der Waals surface area (Å²) in [6, 6.07) is 15.1. The molecule has 1 aliphatic carbocycles. The number of Topliss-reactive ketones (excluding diaryl/α,β-unsaturated/α-hetero) is 1. The smallest absolute Gasteiger partial charge is 0.263 e. The fourth-order valence-corrected chi connectivity index (χ4v) is 8.90. The molecular weight excluding hydrogens is 807 g/mol. The Hall–Kier alpha value is -7.37. The van der Waals surface area contributed by atoms with Crippen LogP contribution in [0.15, 0.2) is 82.0 Å². The number of hydrogen-bond acceptors (Lipinski definition) is 14. The Morgan fingerprint density at radius 3 is 2.40 bits per heavy atom. The number of amides is 4. The first-order valence-electron chi connectivity index (χ1n) is 21.1. The van der Waals surface area contributed by atoms with E-state index in [0.717, 1.165) is 31.4 Å². The van der Waals surface area contributed by atoms with Crippen LogP contribution in [-0.2, 0) is 20.9 Å². The third kappa shape index (κ3) is 8.23. The number of piperazine rings is 1. The van der Waals surface area contributed by atoms with Gasteiger partial charge in [0.15, 0.2) is 12.4 Å². The summed E-state index contributed by atoms with van der Waals surface area (Å²) in [4.78, 5) is 95.6. The van der Waals surface area contributed by atoms with Gasteiger partial charge in [-0.3, -0.25) is 38.7 Å². The Bertz CT molecular complexity index is 2740. The summed E-state index contributed by atoms with van der Waals surface area (Å²) in [7, 11) is 0. The van der Waals surface area contributed by atoms with Gasteiger partial charge in [0.05, 0.1) is 28.8 Å². The molecule has 0 spiro atoms. The van der Waals surface area contributed by atoms with Gasteiger partial charge >= 0.3 is 0 Å². The Morgan fingerprint density at radius 2 is 1.68 bits per heavy atom. The maximum atomic E-state index is 13.6. The highest BCUT2D eigenvalue weighted by atomic mass is 16.5. The average Bonchev–Trinajstić information content (AvgIpc) is 3.94. The van der Waals surface area contributed by atoms with Crippen molar-refractivity contribution in [1.29, 1.82) is 0 Å². The monoisotopic (exact) mass is 851 g/mol. The molecule has 6 heterocycles. The molecule has 3 aromatic heterocycles. The molecule has 3 fully saturated rings. The number of nitrogens with zero attached hydrogens (tertiary/aromatic N) is 9. The topological polar surface area (TPSA) is 214 Å². The summed E-state index contributed by atoms with van der Waals surface area (Å²) in [5.41, 5.74) is 4.07. The van der Waals surface area contributed by atoms with Crippen LogP contribution in [0.4, 0.5) is 28.8 Å². The van der Waals surface area contributed by atoms with E-state index < -0.39 is 11.9 Å². The fraction of sp³-hybridized carbons (Fsp3) is 0.356. The molecule has 9 rings (SSSR count). The maximum Gasteiger partial charge on any atom is 0.263 e. The van der Waals surface area contributed by atoms with E-state index in [1.807, 2.05) is 12.1 Å². The van der Waals surface area contributed by atoms with Crippen LogP contribution in [0, 0.1) is 6.92 Å². The van der Waals surface area contributed by atoms with Crippen LogP contribution in [0.25, 0.3) is 11.0 Å². The van der Waals surface area contributed by atoms with Crippen LogP contribution in [0.5, 0.6) is 5.75 Å². The van der Waals surface area contributed by atoms with E-state index in [2.05, 4.69) is 35.7 Å². The van der Waals surface area contributed by atoms with Crippen LogP contribution in [0.1, 0.15) is 83.3 Å². The van der Waals surface area contributed by atoms with Crippen molar-refractivity contribution < 1.29 is 28.7 Å². The summed E-state index contributed by atoms with van der Waals surface area (Å²) in [5, 5.41) is 14.9. The Morgan fingerprint density at radius 1 is 0.905 bits per heavy atom. The number of piperidine rings is 1. The van der Waals surface area contributed by atoms with Crippen LogP contribution in [0.3, 0.4) is 0 Å². The lowest BCUT2D eigenvalue weighted by atomic mass is 10.0. The van der Waals surface area contributed by atoms with Gasteiger partial charge in [-0.15, -0.1) is 0 Å². The number of nitrogens with one attached hydrogen (secondary N) is 2. The van der Waals surface area contributed by atoms with Crippen molar-refractivity contribution in [3.05, 3.63) is 99.6 Å². The number of anilines is 3. The second-order valence-electron chi connectivity index (χ2n) is 16.2. The summed E-state index contributed by atoms with van der Waals surface area (Å²) in [5.74, 6) is -0.152. The van der Waals surface area contributed by atoms with E-state index in [1.165, 1.54) is 11.8 Å². The van der Waals surface area contributed by atoms with Crippen LogP contribution in [0.2, 0.25) is 0 Å². The third-order valence-corrected chi connectivity index (χ3v) is 12.3. The van der Waals surface area contributed by atoms with Gasteiger partial charge in [0, 0.05) is 67.9 Å². The lowest BCUT2D eigenvalue weighted by Crippen LogP contribution is -2.52. The quantitative estimate of drug-likeness (QED) is 0.0963. The average molecular weight is 852 g/mol. The first kappa shape index (κ1) is 41.0. The number of hydrogen-bond donors (Lipinski definition) is 2. The molecule has 5 aromatic rings. The van der Waals surface area contributed by atoms with Crippen molar-refractivity contribution in [2.45, 2.75) is 71.0 Å². The van der Waals surface area contributed by atoms with E-state index in [-0.39, 0.29) is 66.7 Å². The molecule has 0 bridgehead atoms. The van der Waals surface area contributed by atoms with Crippen molar-refractivity contribution in [3.63, 3.8) is 0 Å². The van der Waals surface area contributed by atoms with E-state index in [1.54, 1.807) is 71.2 Å². The number of ketones is 1. The van der Waals surface area contributed by atoms with E-state index in [0.29, 0.717) is 82.8 Å². The zero-order valence-corrected chi connectivity index (χ0v) is 34.9. The predicted octanol–water partition coefficient (Wildman–Crippen LogP) is 5.46. The number of aryl methyl sites for hydroxylation is 1. The largest absolute Gasteiger partial charge is 0.484 e. The minimum absolute atomic E-state index is 0.0187. The fourth-order valence-electron chi connectivity index (χ4n) is 8.90. The number of fused-ring (bicyclic) bond motifs is 2. The number of imide groups is 1. The van der Waals surface area contributed by atoms with Crippen molar-refractivity contribution in [3.8, 4) is 5.75 Å². The Kier molecular flexibility index (Phi) is 11.2. The second-order valence-corrected chi connectivity index (χ2v) is 16.2. The summed E-state index contributed by atoms with van der Waals surface area (Å²) in [6.07, 6.45) is 7.62. The summed E-state index contributed by atoms with van der Waals surface area (Å²) < 4.78 is 7.51. The van der Waals surface area contributed by atoms with E-state index >= 15 is 0 Å². The van der Waals surface area contributed by atoms with Crippen LogP contribution in [-0.4, -0.2) is 97.6 Å². The summed E-state index contributed by atoms with van der Waals surface area (Å²) in [6.45, 7) is 5.51. The molecule has 1 saturated carbocycles. The molecule has 2 N–H and O–H groups in total. The molecular formula is C45H45N11O7. The maximum absolute atomic E-state index is 13.6. The molecule has 63 heavy (non-hydrogen) atoms. The second kappa shape index (κ2) is 17.2. The van der Waals surface area contributed by atoms with E-state index in [4.69, 9.17) is 9.72 Å². The summed E-state index contributed by atoms with van der Waals surface area (Å²) >= 11 is 0. The molecule has 18 heteroatoms. The first-order valence-corrected chi connectivity index (χ1v) is 21.1. The Labute approximate surface area is 361 Å². The molecule has 1 atom stereocenters. The van der Waals surface area contributed by atoms with Gasteiger partial charge in [-0.05, 0) is 87.2 Å². The van der Waals surface area contributed by atoms with Crippen molar-refractivity contribution in [2.75, 3.05) is 43.0 Å². The minimum Gasteiger partial charge on any atom is -0.484 e. The highest BCUT2D eigenvalue weighted by Crippen LogP contribution is 2.35. The molecule has 4 amide bonds. The standard InChI is InChI=1S/C45H45N11O7/c1-26-33-23-47-45(50-41(33)56(29-6-3-4-7-29)44(62)40(26)27(2)57)48-37-16-12-30(22-46-37)53-18-20-54(21-19-53)39(59)25-63-31-13-10-28(11-14-31)51-52-35-9-5-8-32-34(35)24-55(43(32)61)36-15-17-38(58)49-42(36)60/h5,8-14,16,22-23,29,36H,3-4,6-7,15,17-21,24-25H2,1-2H3,(H,49,58,60)(H,46,47,48,50)/b52-51-. The zero-order valence-electron chi connectivity index (χ0n) is 34.9. The number of carbonyl (C=O) groups excluding carboxylic acids is 5. The SMILES string of the molecule is CC(=O)c1c(C)c2cnc(Nc3ccc(N4CCN(C(=O)COc5ccc(/N=N\c6cccc7c6CN(C6CCC(=O)NC6=O)C7=O)cc5)CC4)cn3)nc2n(C2CCCC2)c1=O. The van der Waals surface area contributed by atoms with Crippen molar-refractivity contribution in [2.24, 2.45) is 10.2 Å². The van der Waals surface area contributed by atoms with Crippen molar-refractivity contribution in [1.82, 2.24) is 34.6 Å². The normalized spacial score (nSPS) is 18.0. The van der Waals surface area contributed by atoms with Gasteiger partial charge in [-0.25, -0.2) is 9.97 Å². The highest BCUT2D eigenvalue weighted by molar-refractivity contribution is 6.06. The van der Waals surface area contributed by atoms with E-state index in [9.17, 15) is 28.8 Å². The zero-order chi connectivity index (χ0) is 43.8. The number of aromatic nitrogens is 4. The minimum atomic E-state index is -0.718. The molecule has 2 saturated heterocycles. The molecule has 1 unspecified atom stereocenters. The van der Waals surface area contributed by atoms with Gasteiger partial charge in [0.2, 0.25) is 17.8 Å². The molecule has 18 nitrogen and oxygen atoms in total. The van der Waals surface area contributed by atoms with Crippen molar-refractivity contribution >= 4 is 69.3 Å². The van der Waals surface area contributed by atoms with Gasteiger partial charge in [0.1, 0.15) is 23.3 Å². The molecule has 322 valence electrons. The number of benzene rings is 2. The molecule has 3 aliphatic heterocycles. The Balaban J connectivity index is 0.763. The molecule has 0 radical (unpaired) electrons. The predicted molar refractivity (Wildman–Crippen MR) is 231 cm³/mol. The first-order chi connectivity index (χ1) is 30.5. The number of pyridine rings is 2. The number of rotatable bonds is 11. The van der Waals surface area contributed by atoms with Crippen LogP contribution < -0.4 is 25.8 Å². The lowest BCUT2D eigenvalue weighted by molar-refractivity contribution is -0.137. The number of carbonyl (C=O) groups is 5. The van der Waals surface area contributed by atoms with Crippen LogP contribution >= 0.6 is 0 Å².